The van der Waals surface area contributed by atoms with E-state index >= 15 is 0 Å². The number of rotatable bonds is 6. The van der Waals surface area contributed by atoms with Crippen LogP contribution in [0.25, 0.3) is 0 Å². The Bertz CT molecular complexity index is 330. The lowest BCUT2D eigenvalue weighted by Gasteiger charge is -2.34. The molecule has 1 rings (SSSR count). The summed E-state index contributed by atoms with van der Waals surface area (Å²) in [6.07, 6.45) is 5.24. The van der Waals surface area contributed by atoms with Crippen molar-refractivity contribution in [1.29, 1.82) is 0 Å². The van der Waals surface area contributed by atoms with E-state index in [1.54, 1.807) is 0 Å². The van der Waals surface area contributed by atoms with Crippen molar-refractivity contribution in [1.82, 2.24) is 4.90 Å². The summed E-state index contributed by atoms with van der Waals surface area (Å²) < 4.78 is 0. The standard InChI is InChI=1S/C15H27NO3/c1-11(2)9-10-16(12-7-5-6-8-12)13(17)15(3,4)14(18)19/h11-12H,5-10H2,1-4H3,(H,18,19). The largest absolute Gasteiger partial charge is 0.480 e. The summed E-state index contributed by atoms with van der Waals surface area (Å²) in [4.78, 5) is 25.7. The number of hydrogen-bond donors (Lipinski definition) is 1. The SMILES string of the molecule is CC(C)CCN(C(=O)C(C)(C)C(=O)O)C1CCCC1. The molecular weight excluding hydrogens is 242 g/mol. The Labute approximate surface area is 116 Å². The fraction of sp³-hybridized carbons (Fsp3) is 0.867. The van der Waals surface area contributed by atoms with Crippen LogP contribution in [0.15, 0.2) is 0 Å². The maximum Gasteiger partial charge on any atom is 0.318 e. The van der Waals surface area contributed by atoms with Crippen LogP contribution >= 0.6 is 0 Å². The molecule has 0 radical (unpaired) electrons. The molecule has 0 aliphatic heterocycles. The topological polar surface area (TPSA) is 57.6 Å². The molecule has 0 aromatic rings. The highest BCUT2D eigenvalue weighted by Gasteiger charge is 2.41. The second kappa shape index (κ2) is 6.40. The first-order valence-electron chi connectivity index (χ1n) is 7.31. The molecule has 0 spiro atoms. The smallest absolute Gasteiger partial charge is 0.318 e. The van der Waals surface area contributed by atoms with E-state index in [-0.39, 0.29) is 11.9 Å². The van der Waals surface area contributed by atoms with E-state index < -0.39 is 11.4 Å². The third-order valence-electron chi connectivity index (χ3n) is 4.04. The molecule has 1 N–H and O–H groups in total. The summed E-state index contributed by atoms with van der Waals surface area (Å²) in [6.45, 7) is 7.95. The predicted molar refractivity (Wildman–Crippen MR) is 74.8 cm³/mol. The molecule has 0 bridgehead atoms. The first kappa shape index (κ1) is 16.0. The second-order valence-electron chi connectivity index (χ2n) is 6.55. The number of carboxylic acid groups (broad SMARTS) is 1. The van der Waals surface area contributed by atoms with Gasteiger partial charge in [0, 0.05) is 12.6 Å². The van der Waals surface area contributed by atoms with Crippen molar-refractivity contribution in [2.24, 2.45) is 11.3 Å². The molecule has 1 aliphatic rings. The molecule has 0 heterocycles. The summed E-state index contributed by atoms with van der Waals surface area (Å²) in [5.41, 5.74) is -1.32. The van der Waals surface area contributed by atoms with Gasteiger partial charge in [0.05, 0.1) is 0 Å². The van der Waals surface area contributed by atoms with Gasteiger partial charge in [-0.1, -0.05) is 26.7 Å². The molecule has 0 atom stereocenters. The van der Waals surface area contributed by atoms with Crippen LogP contribution in [0, 0.1) is 11.3 Å². The van der Waals surface area contributed by atoms with Crippen molar-refractivity contribution < 1.29 is 14.7 Å². The number of carbonyl (C=O) groups excluding carboxylic acids is 1. The van der Waals surface area contributed by atoms with Gasteiger partial charge in [-0.15, -0.1) is 0 Å². The van der Waals surface area contributed by atoms with Gasteiger partial charge < -0.3 is 10.0 Å². The average Bonchev–Trinajstić information content (AvgIpc) is 2.82. The van der Waals surface area contributed by atoms with Crippen LogP contribution in [0.4, 0.5) is 0 Å². The summed E-state index contributed by atoms with van der Waals surface area (Å²) >= 11 is 0. The summed E-state index contributed by atoms with van der Waals surface area (Å²) in [5.74, 6) is -0.748. The Hall–Kier alpha value is -1.06. The fourth-order valence-electron chi connectivity index (χ4n) is 2.51. The van der Waals surface area contributed by atoms with Gasteiger partial charge in [0.25, 0.3) is 0 Å². The zero-order valence-corrected chi connectivity index (χ0v) is 12.6. The van der Waals surface area contributed by atoms with Gasteiger partial charge in [0.1, 0.15) is 5.41 Å². The molecule has 0 unspecified atom stereocenters. The highest BCUT2D eigenvalue weighted by atomic mass is 16.4. The van der Waals surface area contributed by atoms with E-state index in [9.17, 15) is 14.7 Å². The van der Waals surface area contributed by atoms with E-state index in [1.807, 2.05) is 4.90 Å². The van der Waals surface area contributed by atoms with Gasteiger partial charge >= 0.3 is 5.97 Å². The van der Waals surface area contributed by atoms with Gasteiger partial charge in [-0.2, -0.15) is 0 Å². The van der Waals surface area contributed by atoms with Crippen molar-refractivity contribution in [3.05, 3.63) is 0 Å². The maximum atomic E-state index is 12.6. The molecule has 4 heteroatoms. The van der Waals surface area contributed by atoms with Crippen LogP contribution in [0.1, 0.15) is 59.8 Å². The van der Waals surface area contributed by atoms with Crippen molar-refractivity contribution in [2.75, 3.05) is 6.54 Å². The van der Waals surface area contributed by atoms with Gasteiger partial charge in [-0.05, 0) is 39.0 Å². The van der Waals surface area contributed by atoms with Crippen molar-refractivity contribution in [2.45, 2.75) is 65.8 Å². The molecule has 110 valence electrons. The molecule has 19 heavy (non-hydrogen) atoms. The number of hydrogen-bond acceptors (Lipinski definition) is 2. The number of carboxylic acids is 1. The van der Waals surface area contributed by atoms with Crippen LogP contribution in [0.5, 0.6) is 0 Å². The fourth-order valence-corrected chi connectivity index (χ4v) is 2.51. The lowest BCUT2D eigenvalue weighted by Crippen LogP contribution is -2.49. The minimum Gasteiger partial charge on any atom is -0.480 e. The molecule has 1 aliphatic carbocycles. The Morgan fingerprint density at radius 2 is 1.79 bits per heavy atom. The van der Waals surface area contributed by atoms with E-state index in [0.29, 0.717) is 12.5 Å². The Kier molecular flexibility index (Phi) is 5.39. The predicted octanol–water partition coefficient (Wildman–Crippen LogP) is 2.91. The summed E-state index contributed by atoms with van der Waals surface area (Å²) in [6, 6.07) is 0.241. The van der Waals surface area contributed by atoms with E-state index in [2.05, 4.69) is 13.8 Å². The van der Waals surface area contributed by atoms with Gasteiger partial charge in [-0.25, -0.2) is 0 Å². The van der Waals surface area contributed by atoms with E-state index in [0.717, 1.165) is 32.1 Å². The zero-order chi connectivity index (χ0) is 14.6. The zero-order valence-electron chi connectivity index (χ0n) is 12.6. The minimum atomic E-state index is -1.32. The first-order chi connectivity index (χ1) is 8.76. The lowest BCUT2D eigenvalue weighted by atomic mass is 9.90. The van der Waals surface area contributed by atoms with Crippen molar-refractivity contribution in [3.63, 3.8) is 0 Å². The van der Waals surface area contributed by atoms with Gasteiger partial charge in [-0.3, -0.25) is 9.59 Å². The molecule has 1 fully saturated rings. The lowest BCUT2D eigenvalue weighted by molar-refractivity contribution is -0.159. The van der Waals surface area contributed by atoms with E-state index in [1.165, 1.54) is 13.8 Å². The van der Waals surface area contributed by atoms with Crippen LogP contribution in [0.2, 0.25) is 0 Å². The van der Waals surface area contributed by atoms with E-state index in [4.69, 9.17) is 0 Å². The second-order valence-corrected chi connectivity index (χ2v) is 6.55. The van der Waals surface area contributed by atoms with Crippen molar-refractivity contribution >= 4 is 11.9 Å². The maximum absolute atomic E-state index is 12.6. The van der Waals surface area contributed by atoms with Crippen molar-refractivity contribution in [3.8, 4) is 0 Å². The Morgan fingerprint density at radius 3 is 2.21 bits per heavy atom. The summed E-state index contributed by atoms with van der Waals surface area (Å²) in [7, 11) is 0. The van der Waals surface area contributed by atoms with Crippen LogP contribution in [-0.2, 0) is 9.59 Å². The highest BCUT2D eigenvalue weighted by Crippen LogP contribution is 2.29. The Balaban J connectivity index is 2.82. The first-order valence-corrected chi connectivity index (χ1v) is 7.31. The Morgan fingerprint density at radius 1 is 1.26 bits per heavy atom. The number of amides is 1. The number of carbonyl (C=O) groups is 2. The molecular formula is C15H27NO3. The molecule has 0 aromatic heterocycles. The molecule has 0 aromatic carbocycles. The van der Waals surface area contributed by atoms with Gasteiger partial charge in [0.2, 0.25) is 5.91 Å². The highest BCUT2D eigenvalue weighted by molar-refractivity contribution is 6.01. The molecule has 0 saturated heterocycles. The number of nitrogens with zero attached hydrogens (tertiary/aromatic N) is 1. The quantitative estimate of drug-likeness (QED) is 0.754. The minimum absolute atomic E-state index is 0.229. The summed E-state index contributed by atoms with van der Waals surface area (Å²) in [5, 5.41) is 9.23. The molecule has 1 amide bonds. The molecule has 4 nitrogen and oxygen atoms in total. The third kappa shape index (κ3) is 3.95. The number of aliphatic carboxylic acids is 1. The van der Waals surface area contributed by atoms with Gasteiger partial charge in [0.15, 0.2) is 0 Å². The monoisotopic (exact) mass is 269 g/mol. The van der Waals surface area contributed by atoms with Crippen LogP contribution < -0.4 is 0 Å². The molecule has 1 saturated carbocycles. The van der Waals surface area contributed by atoms with Crippen LogP contribution in [-0.4, -0.2) is 34.5 Å². The normalized spacial score (nSPS) is 16.9. The average molecular weight is 269 g/mol. The third-order valence-corrected chi connectivity index (χ3v) is 4.04. The van der Waals surface area contributed by atoms with Crippen LogP contribution in [0.3, 0.4) is 0 Å².